The first-order chi connectivity index (χ1) is 16.2. The van der Waals surface area contributed by atoms with Gasteiger partial charge in [-0.1, -0.05) is 30.7 Å². The largest absolute Gasteiger partial charge is 0.490 e. The van der Waals surface area contributed by atoms with Crippen molar-refractivity contribution >= 4 is 11.4 Å². The minimum absolute atomic E-state index is 0.320. The van der Waals surface area contributed by atoms with Crippen LogP contribution in [0.1, 0.15) is 30.5 Å². The molecule has 0 aliphatic carbocycles. The molecule has 1 aliphatic heterocycles. The van der Waals surface area contributed by atoms with E-state index in [4.69, 9.17) is 4.74 Å². The number of rotatable bonds is 11. The van der Waals surface area contributed by atoms with E-state index in [1.807, 2.05) is 42.5 Å². The molecule has 3 aromatic rings. The molecule has 0 unspecified atom stereocenters. The van der Waals surface area contributed by atoms with E-state index < -0.39 is 10.9 Å². The van der Waals surface area contributed by atoms with Gasteiger partial charge < -0.3 is 15.4 Å². The molecule has 2 heterocycles. The van der Waals surface area contributed by atoms with Crippen molar-refractivity contribution in [3.8, 4) is 5.75 Å². The average molecular weight is 447 g/mol. The molecular formula is C26H30N4O3. The summed E-state index contributed by atoms with van der Waals surface area (Å²) in [4.78, 5) is 30.5. The van der Waals surface area contributed by atoms with Crippen molar-refractivity contribution in [3.63, 3.8) is 0 Å². The van der Waals surface area contributed by atoms with Gasteiger partial charge in [-0.05, 0) is 61.8 Å². The molecule has 1 aliphatic rings. The Bertz CT molecular complexity index is 1130. The normalized spacial score (nSPS) is 14.5. The highest BCUT2D eigenvalue weighted by Crippen LogP contribution is 2.18. The highest BCUT2D eigenvalue weighted by atomic mass is 16.5. The number of piperidine rings is 1. The van der Waals surface area contributed by atoms with Crippen LogP contribution in [0.5, 0.6) is 5.75 Å². The van der Waals surface area contributed by atoms with E-state index in [1.165, 1.54) is 37.9 Å². The Morgan fingerprint density at radius 3 is 2.55 bits per heavy atom. The highest BCUT2D eigenvalue weighted by Gasteiger charge is 2.19. The molecule has 0 atom stereocenters. The quantitative estimate of drug-likeness (QED) is 0.345. The molecule has 33 heavy (non-hydrogen) atoms. The first-order valence-electron chi connectivity index (χ1n) is 11.5. The van der Waals surface area contributed by atoms with Gasteiger partial charge in [0.25, 0.3) is 10.9 Å². The van der Waals surface area contributed by atoms with Crippen molar-refractivity contribution in [1.29, 1.82) is 0 Å². The van der Waals surface area contributed by atoms with E-state index in [-0.39, 0.29) is 0 Å². The zero-order valence-corrected chi connectivity index (χ0v) is 18.8. The second-order valence-electron chi connectivity index (χ2n) is 8.23. The lowest BCUT2D eigenvalue weighted by molar-refractivity contribution is 0.220. The van der Waals surface area contributed by atoms with Crippen LogP contribution in [0.15, 0.2) is 70.4 Å². The smallest absolute Gasteiger partial charge is 0.253 e. The molecule has 0 saturated carbocycles. The Morgan fingerprint density at radius 2 is 1.76 bits per heavy atom. The summed E-state index contributed by atoms with van der Waals surface area (Å²) in [5.41, 5.74) is 1.73. The molecule has 1 fully saturated rings. The lowest BCUT2D eigenvalue weighted by Gasteiger charge is -2.26. The van der Waals surface area contributed by atoms with Gasteiger partial charge in [0.2, 0.25) is 0 Å². The van der Waals surface area contributed by atoms with Crippen molar-refractivity contribution in [1.82, 2.24) is 9.88 Å². The van der Waals surface area contributed by atoms with Crippen LogP contribution in [0, 0.1) is 0 Å². The summed E-state index contributed by atoms with van der Waals surface area (Å²) in [7, 11) is 0. The van der Waals surface area contributed by atoms with E-state index in [9.17, 15) is 9.59 Å². The third-order valence-electron chi connectivity index (χ3n) is 5.75. The fourth-order valence-corrected chi connectivity index (χ4v) is 3.98. The minimum atomic E-state index is -0.495. The SMILES string of the molecule is O=c1c(NC/C=C\COc2cccc(CN3CCCCC3)c2)c(NCc2ccccn2)c1=O. The number of nitrogens with one attached hydrogen (secondary N) is 2. The van der Waals surface area contributed by atoms with E-state index in [0.717, 1.165) is 18.0 Å². The lowest BCUT2D eigenvalue weighted by atomic mass is 10.1. The van der Waals surface area contributed by atoms with E-state index in [2.05, 4.69) is 32.7 Å². The van der Waals surface area contributed by atoms with E-state index in [0.29, 0.717) is 31.1 Å². The number of anilines is 2. The Kier molecular flexibility index (Phi) is 7.87. The molecule has 0 spiro atoms. The third kappa shape index (κ3) is 6.29. The third-order valence-corrected chi connectivity index (χ3v) is 5.75. The number of pyridine rings is 1. The van der Waals surface area contributed by atoms with Gasteiger partial charge in [-0.15, -0.1) is 0 Å². The summed E-state index contributed by atoms with van der Waals surface area (Å²) >= 11 is 0. The standard InChI is InChI=1S/C26H30N4O3/c31-25-23(24(26(25)32)29-18-21-10-2-3-12-27-21)28-13-4-7-16-33-22-11-8-9-20(17-22)19-30-14-5-1-6-15-30/h2-4,7-12,17,28-29H,1,5-6,13-16,18-19H2/b7-4-. The molecule has 0 amide bonds. The Hall–Kier alpha value is -3.45. The summed E-state index contributed by atoms with van der Waals surface area (Å²) < 4.78 is 5.84. The topological polar surface area (TPSA) is 83.6 Å². The van der Waals surface area contributed by atoms with E-state index >= 15 is 0 Å². The molecule has 0 radical (unpaired) electrons. The molecule has 2 N–H and O–H groups in total. The van der Waals surface area contributed by atoms with Gasteiger partial charge in [0.1, 0.15) is 23.7 Å². The van der Waals surface area contributed by atoms with Crippen molar-refractivity contribution < 1.29 is 4.74 Å². The fourth-order valence-electron chi connectivity index (χ4n) is 3.98. The van der Waals surface area contributed by atoms with Crippen LogP contribution in [0.25, 0.3) is 0 Å². The zero-order valence-electron chi connectivity index (χ0n) is 18.8. The number of benzene rings is 1. The van der Waals surface area contributed by atoms with Gasteiger partial charge >= 0.3 is 0 Å². The van der Waals surface area contributed by atoms with Crippen LogP contribution >= 0.6 is 0 Å². The van der Waals surface area contributed by atoms with Crippen LogP contribution in [-0.4, -0.2) is 36.1 Å². The van der Waals surface area contributed by atoms with E-state index in [1.54, 1.807) is 6.20 Å². The Morgan fingerprint density at radius 1 is 0.939 bits per heavy atom. The van der Waals surface area contributed by atoms with Crippen LogP contribution in [0.3, 0.4) is 0 Å². The summed E-state index contributed by atoms with van der Waals surface area (Å²) in [6.07, 6.45) is 9.39. The van der Waals surface area contributed by atoms with Crippen LogP contribution in [0.4, 0.5) is 11.4 Å². The van der Waals surface area contributed by atoms with Crippen molar-refractivity contribution in [2.75, 3.05) is 36.9 Å². The molecule has 7 heteroatoms. The first-order valence-corrected chi connectivity index (χ1v) is 11.5. The zero-order chi connectivity index (χ0) is 22.9. The monoisotopic (exact) mass is 446 g/mol. The maximum Gasteiger partial charge on any atom is 0.253 e. The summed E-state index contributed by atoms with van der Waals surface area (Å²) in [5.74, 6) is 0.852. The van der Waals surface area contributed by atoms with Gasteiger partial charge in [-0.25, -0.2) is 0 Å². The maximum absolute atomic E-state index is 11.9. The molecule has 4 rings (SSSR count). The summed E-state index contributed by atoms with van der Waals surface area (Å²) in [6, 6.07) is 13.8. The number of likely N-dealkylation sites (tertiary alicyclic amines) is 1. The lowest BCUT2D eigenvalue weighted by Crippen LogP contribution is -2.37. The molecule has 0 bridgehead atoms. The van der Waals surface area contributed by atoms with Gasteiger partial charge in [-0.2, -0.15) is 0 Å². The predicted molar refractivity (Wildman–Crippen MR) is 132 cm³/mol. The molecular weight excluding hydrogens is 416 g/mol. The number of aromatic nitrogens is 1. The van der Waals surface area contributed by atoms with Crippen LogP contribution in [-0.2, 0) is 13.1 Å². The number of hydrogen-bond acceptors (Lipinski definition) is 7. The van der Waals surface area contributed by atoms with Crippen molar-refractivity contribution in [3.05, 3.63) is 92.5 Å². The molecule has 1 saturated heterocycles. The maximum atomic E-state index is 11.9. The fraction of sp³-hybridized carbons (Fsp3) is 0.346. The number of ether oxygens (including phenoxy) is 1. The summed E-state index contributed by atoms with van der Waals surface area (Å²) in [5, 5.41) is 6.02. The van der Waals surface area contributed by atoms with Crippen molar-refractivity contribution in [2.24, 2.45) is 0 Å². The highest BCUT2D eigenvalue weighted by molar-refractivity contribution is 5.74. The molecule has 172 valence electrons. The van der Waals surface area contributed by atoms with Gasteiger partial charge in [0.15, 0.2) is 0 Å². The average Bonchev–Trinajstić information content (AvgIpc) is 2.86. The van der Waals surface area contributed by atoms with Gasteiger partial charge in [0.05, 0.1) is 12.2 Å². The second-order valence-corrected chi connectivity index (χ2v) is 8.23. The van der Waals surface area contributed by atoms with Crippen molar-refractivity contribution in [2.45, 2.75) is 32.4 Å². The first kappa shape index (κ1) is 22.7. The minimum Gasteiger partial charge on any atom is -0.490 e. The Labute approximate surface area is 193 Å². The van der Waals surface area contributed by atoms with Crippen LogP contribution in [0.2, 0.25) is 0 Å². The molecule has 7 nitrogen and oxygen atoms in total. The van der Waals surface area contributed by atoms with Gasteiger partial charge in [-0.3, -0.25) is 19.5 Å². The van der Waals surface area contributed by atoms with Crippen LogP contribution < -0.4 is 26.2 Å². The van der Waals surface area contributed by atoms with Gasteiger partial charge in [0, 0.05) is 19.3 Å². The Balaban J connectivity index is 1.20. The molecule has 1 aromatic heterocycles. The number of nitrogens with zero attached hydrogens (tertiary/aromatic N) is 2. The summed E-state index contributed by atoms with van der Waals surface area (Å²) in [6.45, 7) is 4.57. The second kappa shape index (κ2) is 11.4. The number of hydrogen-bond donors (Lipinski definition) is 2. The predicted octanol–water partition coefficient (Wildman–Crippen LogP) is 3.32. The molecule has 2 aromatic carbocycles.